The van der Waals surface area contributed by atoms with Gasteiger partial charge in [0.2, 0.25) is 0 Å². The van der Waals surface area contributed by atoms with Crippen LogP contribution in [0.5, 0.6) is 0 Å². The van der Waals surface area contributed by atoms with Crippen LogP contribution in [-0.2, 0) is 42.8 Å². The van der Waals surface area contributed by atoms with Crippen LogP contribution in [0.25, 0.3) is 0 Å². The second-order valence-corrected chi connectivity index (χ2v) is 5.29. The van der Waals surface area contributed by atoms with Crippen LogP contribution in [0.2, 0.25) is 0 Å². The third-order valence-corrected chi connectivity index (χ3v) is 3.08. The predicted molar refractivity (Wildman–Crippen MR) is 92.4 cm³/mol. The Labute approximate surface area is 159 Å². The maximum absolute atomic E-state index is 11.3. The van der Waals surface area contributed by atoms with E-state index >= 15 is 0 Å². The number of carboxylic acid groups (broad SMARTS) is 1. The maximum Gasteiger partial charge on any atom is 0.331 e. The van der Waals surface area contributed by atoms with Gasteiger partial charge in [0.05, 0.1) is 53.4 Å². The van der Waals surface area contributed by atoms with Crippen LogP contribution in [0.3, 0.4) is 0 Å². The minimum atomic E-state index is -0.866. The number of carbonyl (C=O) groups excluding carboxylic acids is 2. The Morgan fingerprint density at radius 3 is 1.67 bits per heavy atom. The van der Waals surface area contributed by atoms with Crippen LogP contribution in [0.1, 0.15) is 25.7 Å². The van der Waals surface area contributed by atoms with Crippen molar-refractivity contribution in [2.24, 2.45) is 0 Å². The molecule has 0 aromatic heterocycles. The Balaban J connectivity index is 3.17. The summed E-state index contributed by atoms with van der Waals surface area (Å²) < 4.78 is 30.1. The molecule has 0 rings (SSSR count). The molecule has 0 aromatic rings. The molecule has 0 aliphatic heterocycles. The predicted octanol–water partition coefficient (Wildman–Crippen LogP) is 0.414. The highest BCUT2D eigenvalue weighted by molar-refractivity contribution is 5.70. The van der Waals surface area contributed by atoms with Crippen LogP contribution >= 0.6 is 0 Å². The summed E-state index contributed by atoms with van der Waals surface area (Å²) >= 11 is 0. The van der Waals surface area contributed by atoms with Crippen LogP contribution in [0.15, 0.2) is 0 Å². The van der Waals surface area contributed by atoms with Gasteiger partial charge in [0.25, 0.3) is 0 Å². The number of esters is 2. The summed E-state index contributed by atoms with van der Waals surface area (Å²) in [5.74, 6) is -1.65. The minimum Gasteiger partial charge on any atom is -0.481 e. The molecule has 27 heavy (non-hydrogen) atoms. The highest BCUT2D eigenvalue weighted by Crippen LogP contribution is 2.01. The van der Waals surface area contributed by atoms with Gasteiger partial charge in [-0.2, -0.15) is 0 Å². The minimum absolute atomic E-state index is 0.0601. The number of ether oxygens (including phenoxy) is 6. The molecule has 0 aliphatic carbocycles. The van der Waals surface area contributed by atoms with Crippen molar-refractivity contribution in [2.75, 3.05) is 66.6 Å². The zero-order valence-electron chi connectivity index (χ0n) is 15.8. The monoisotopic (exact) mass is 394 g/mol. The first kappa shape index (κ1) is 25.2. The van der Waals surface area contributed by atoms with Gasteiger partial charge in [-0.25, -0.2) is 4.79 Å². The molecule has 0 unspecified atom stereocenters. The maximum atomic E-state index is 11.3. The van der Waals surface area contributed by atoms with Gasteiger partial charge in [-0.1, -0.05) is 0 Å². The zero-order chi connectivity index (χ0) is 20.2. The van der Waals surface area contributed by atoms with Crippen molar-refractivity contribution in [3.8, 4) is 0 Å². The van der Waals surface area contributed by atoms with Gasteiger partial charge in [-0.3, -0.25) is 9.59 Å². The third kappa shape index (κ3) is 20.4. The molecule has 10 nitrogen and oxygen atoms in total. The van der Waals surface area contributed by atoms with E-state index in [0.717, 1.165) is 0 Å². The topological polar surface area (TPSA) is 127 Å². The van der Waals surface area contributed by atoms with Crippen molar-refractivity contribution in [3.05, 3.63) is 0 Å². The lowest BCUT2D eigenvalue weighted by molar-refractivity contribution is -0.147. The summed E-state index contributed by atoms with van der Waals surface area (Å²) in [6, 6.07) is 0. The fraction of sp³-hybridized carbons (Fsp3) is 0.824. The van der Waals surface area contributed by atoms with Crippen LogP contribution in [0, 0.1) is 0 Å². The summed E-state index contributed by atoms with van der Waals surface area (Å²) in [5.41, 5.74) is 0. The number of carboxylic acids is 1. The summed E-state index contributed by atoms with van der Waals surface area (Å²) in [4.78, 5) is 32.4. The number of methoxy groups -OCH3 is 1. The molecule has 0 aliphatic rings. The summed E-state index contributed by atoms with van der Waals surface area (Å²) in [6.07, 6.45) is 1.23. The average molecular weight is 394 g/mol. The number of hydrogen-bond acceptors (Lipinski definition) is 9. The molecule has 0 fully saturated rings. The molecule has 0 aromatic carbocycles. The van der Waals surface area contributed by atoms with E-state index in [1.807, 2.05) is 0 Å². The standard InChI is InChI=1S/C17H30O10/c1-22-17(21)14-26-11-10-24-7-6-23-8-9-25-12-13-27-16(20)5-3-2-4-15(18)19/h2-14H2,1H3,(H,18,19). The lowest BCUT2D eigenvalue weighted by atomic mass is 10.2. The molecule has 0 bridgehead atoms. The molecule has 1 N–H and O–H groups in total. The van der Waals surface area contributed by atoms with E-state index < -0.39 is 11.9 Å². The molecule has 0 spiro atoms. The largest absolute Gasteiger partial charge is 0.481 e. The Hall–Kier alpha value is -1.75. The second-order valence-electron chi connectivity index (χ2n) is 5.29. The van der Waals surface area contributed by atoms with E-state index in [1.165, 1.54) is 7.11 Å². The van der Waals surface area contributed by atoms with E-state index in [0.29, 0.717) is 52.5 Å². The van der Waals surface area contributed by atoms with E-state index in [-0.39, 0.29) is 38.6 Å². The zero-order valence-corrected chi connectivity index (χ0v) is 15.8. The normalized spacial score (nSPS) is 10.6. The van der Waals surface area contributed by atoms with Crippen molar-refractivity contribution < 1.29 is 47.9 Å². The van der Waals surface area contributed by atoms with Crippen molar-refractivity contribution in [3.63, 3.8) is 0 Å². The average Bonchev–Trinajstić information content (AvgIpc) is 2.65. The van der Waals surface area contributed by atoms with Crippen LogP contribution < -0.4 is 0 Å². The number of unbranched alkanes of at least 4 members (excludes halogenated alkanes) is 1. The highest BCUT2D eigenvalue weighted by Gasteiger charge is 2.04. The van der Waals surface area contributed by atoms with E-state index in [4.69, 9.17) is 28.8 Å². The lowest BCUT2D eigenvalue weighted by Gasteiger charge is -2.08. The summed E-state index contributed by atoms with van der Waals surface area (Å²) in [5, 5.41) is 8.47. The van der Waals surface area contributed by atoms with Crippen molar-refractivity contribution >= 4 is 17.9 Å². The second kappa shape index (κ2) is 19.0. The molecule has 0 radical (unpaired) electrons. The van der Waals surface area contributed by atoms with Crippen molar-refractivity contribution in [1.82, 2.24) is 0 Å². The van der Waals surface area contributed by atoms with E-state index in [2.05, 4.69) is 4.74 Å². The third-order valence-electron chi connectivity index (χ3n) is 3.08. The van der Waals surface area contributed by atoms with Crippen LogP contribution in [0.4, 0.5) is 0 Å². The summed E-state index contributed by atoms with van der Waals surface area (Å²) in [7, 11) is 1.29. The highest BCUT2D eigenvalue weighted by atomic mass is 16.6. The number of rotatable bonds is 19. The molecule has 0 saturated heterocycles. The number of aliphatic carboxylic acids is 1. The van der Waals surface area contributed by atoms with E-state index in [9.17, 15) is 14.4 Å². The van der Waals surface area contributed by atoms with Gasteiger partial charge in [-0.15, -0.1) is 0 Å². The van der Waals surface area contributed by atoms with Gasteiger partial charge in [0.15, 0.2) is 0 Å². The molecule has 158 valence electrons. The first-order chi connectivity index (χ1) is 13.1. The molecule has 0 heterocycles. The Kier molecular flexibility index (Phi) is 17.8. The number of hydrogen-bond donors (Lipinski definition) is 1. The quantitative estimate of drug-likeness (QED) is 0.243. The molecular formula is C17H30O10. The smallest absolute Gasteiger partial charge is 0.331 e. The molecule has 10 heteroatoms. The Bertz CT molecular complexity index is 399. The first-order valence-corrected chi connectivity index (χ1v) is 8.81. The van der Waals surface area contributed by atoms with Gasteiger partial charge >= 0.3 is 17.9 Å². The fourth-order valence-electron chi connectivity index (χ4n) is 1.71. The summed E-state index contributed by atoms with van der Waals surface area (Å²) in [6.45, 7) is 2.59. The van der Waals surface area contributed by atoms with E-state index in [1.54, 1.807) is 0 Å². The van der Waals surface area contributed by atoms with Gasteiger partial charge in [0, 0.05) is 12.8 Å². The Morgan fingerprint density at radius 2 is 1.15 bits per heavy atom. The molecule has 0 atom stereocenters. The van der Waals surface area contributed by atoms with Gasteiger partial charge in [0.1, 0.15) is 13.2 Å². The first-order valence-electron chi connectivity index (χ1n) is 8.81. The SMILES string of the molecule is COC(=O)COCCOCCOCCOCCOC(=O)CCCCC(=O)O. The van der Waals surface area contributed by atoms with Crippen molar-refractivity contribution in [1.29, 1.82) is 0 Å². The molecule has 0 saturated carbocycles. The van der Waals surface area contributed by atoms with Gasteiger partial charge < -0.3 is 33.5 Å². The lowest BCUT2D eigenvalue weighted by Crippen LogP contribution is -2.16. The molecular weight excluding hydrogens is 364 g/mol. The fourth-order valence-corrected chi connectivity index (χ4v) is 1.71. The Morgan fingerprint density at radius 1 is 0.667 bits per heavy atom. The number of carbonyl (C=O) groups is 3. The van der Waals surface area contributed by atoms with Crippen molar-refractivity contribution in [2.45, 2.75) is 25.7 Å². The van der Waals surface area contributed by atoms with Gasteiger partial charge in [-0.05, 0) is 12.8 Å². The molecule has 0 amide bonds. The van der Waals surface area contributed by atoms with Crippen LogP contribution in [-0.4, -0.2) is 89.6 Å².